The van der Waals surface area contributed by atoms with E-state index in [2.05, 4.69) is 10.3 Å². The molecule has 1 aromatic carbocycles. The van der Waals surface area contributed by atoms with E-state index in [1.165, 1.54) is 0 Å². The fraction of sp³-hybridized carbons (Fsp3) is 0.235. The number of nitrogens with one attached hydrogen (secondary N) is 1. The van der Waals surface area contributed by atoms with Crippen LogP contribution < -0.4 is 5.32 Å². The second kappa shape index (κ2) is 6.85. The molecule has 0 bridgehead atoms. The molecule has 2 rings (SSSR count). The zero-order chi connectivity index (χ0) is 16.1. The minimum absolute atomic E-state index is 0.116. The number of amides is 1. The van der Waals surface area contributed by atoms with Gasteiger partial charge in [-0.15, -0.1) is 0 Å². The van der Waals surface area contributed by atoms with Gasteiger partial charge in [0.15, 0.2) is 0 Å². The van der Waals surface area contributed by atoms with E-state index in [0.29, 0.717) is 5.82 Å². The van der Waals surface area contributed by atoms with Crippen LogP contribution in [0.4, 0.5) is 5.82 Å². The molecule has 5 nitrogen and oxygen atoms in total. The number of carbonyl (C=O) groups is 2. The molecule has 1 aromatic heterocycles. The van der Waals surface area contributed by atoms with Gasteiger partial charge < -0.3 is 10.4 Å². The van der Waals surface area contributed by atoms with E-state index in [0.717, 1.165) is 11.1 Å². The summed E-state index contributed by atoms with van der Waals surface area (Å²) in [5, 5.41) is 11.8. The molecule has 0 aliphatic heterocycles. The van der Waals surface area contributed by atoms with Gasteiger partial charge in [0, 0.05) is 6.20 Å². The molecule has 0 radical (unpaired) electrons. The Bertz CT molecular complexity index is 682. The zero-order valence-electron chi connectivity index (χ0n) is 12.5. The van der Waals surface area contributed by atoms with Crippen molar-refractivity contribution < 1.29 is 14.7 Å². The third-order valence-electron chi connectivity index (χ3n) is 3.30. The van der Waals surface area contributed by atoms with E-state index in [4.69, 9.17) is 5.11 Å². The maximum Gasteiger partial charge on any atom is 0.335 e. The van der Waals surface area contributed by atoms with Crippen LogP contribution in [-0.4, -0.2) is 22.0 Å². The highest BCUT2D eigenvalue weighted by Crippen LogP contribution is 2.22. The van der Waals surface area contributed by atoms with Crippen molar-refractivity contribution in [3.8, 4) is 0 Å². The van der Waals surface area contributed by atoms with Crippen molar-refractivity contribution in [2.75, 3.05) is 5.32 Å². The molecule has 0 saturated carbocycles. The topological polar surface area (TPSA) is 79.3 Å². The standard InChI is InChI=1S/C17H18N2O3/c1-11(2)14-7-6-12(17(21)22)9-13(14)10-16(20)19-15-5-3-4-8-18-15/h3-9,11H,10H2,1-2H3,(H,21,22)(H,18,19,20). The molecule has 2 N–H and O–H groups in total. The molecule has 0 aliphatic rings. The Hall–Kier alpha value is -2.69. The first-order valence-electron chi connectivity index (χ1n) is 7.04. The highest BCUT2D eigenvalue weighted by Gasteiger charge is 2.14. The second-order valence-corrected chi connectivity index (χ2v) is 5.31. The fourth-order valence-corrected chi connectivity index (χ4v) is 2.25. The first-order valence-corrected chi connectivity index (χ1v) is 7.04. The number of aromatic carboxylic acids is 1. The summed E-state index contributed by atoms with van der Waals surface area (Å²) in [5.41, 5.74) is 1.88. The van der Waals surface area contributed by atoms with Gasteiger partial charge in [0.05, 0.1) is 12.0 Å². The van der Waals surface area contributed by atoms with Crippen LogP contribution in [0.15, 0.2) is 42.6 Å². The van der Waals surface area contributed by atoms with Crippen molar-refractivity contribution in [1.29, 1.82) is 0 Å². The van der Waals surface area contributed by atoms with Gasteiger partial charge in [0.2, 0.25) is 5.91 Å². The minimum Gasteiger partial charge on any atom is -0.478 e. The van der Waals surface area contributed by atoms with Gasteiger partial charge in [-0.05, 0) is 41.3 Å². The highest BCUT2D eigenvalue weighted by atomic mass is 16.4. The number of hydrogen-bond donors (Lipinski definition) is 2. The van der Waals surface area contributed by atoms with Crippen LogP contribution in [0.25, 0.3) is 0 Å². The Morgan fingerprint density at radius 1 is 1.23 bits per heavy atom. The third-order valence-corrected chi connectivity index (χ3v) is 3.30. The van der Waals surface area contributed by atoms with Gasteiger partial charge in [-0.2, -0.15) is 0 Å². The summed E-state index contributed by atoms with van der Waals surface area (Å²) in [6.45, 7) is 4.02. The number of hydrogen-bond acceptors (Lipinski definition) is 3. The molecule has 1 amide bonds. The van der Waals surface area contributed by atoms with Gasteiger partial charge in [-0.3, -0.25) is 4.79 Å². The molecular formula is C17H18N2O3. The zero-order valence-corrected chi connectivity index (χ0v) is 12.5. The molecule has 0 spiro atoms. The van der Waals surface area contributed by atoms with Crippen molar-refractivity contribution in [2.24, 2.45) is 0 Å². The number of nitrogens with zero attached hydrogens (tertiary/aromatic N) is 1. The number of rotatable bonds is 5. The molecule has 5 heteroatoms. The van der Waals surface area contributed by atoms with Crippen LogP contribution in [0.1, 0.15) is 41.3 Å². The molecule has 114 valence electrons. The van der Waals surface area contributed by atoms with Crippen molar-refractivity contribution >= 4 is 17.7 Å². The van der Waals surface area contributed by atoms with Crippen LogP contribution in [0.3, 0.4) is 0 Å². The lowest BCUT2D eigenvalue weighted by Crippen LogP contribution is -2.17. The Morgan fingerprint density at radius 3 is 2.59 bits per heavy atom. The predicted octanol–water partition coefficient (Wildman–Crippen LogP) is 3.08. The van der Waals surface area contributed by atoms with Gasteiger partial charge in [-0.1, -0.05) is 26.0 Å². The van der Waals surface area contributed by atoms with Gasteiger partial charge in [0.25, 0.3) is 0 Å². The average molecular weight is 298 g/mol. The summed E-state index contributed by atoms with van der Waals surface area (Å²) >= 11 is 0. The lowest BCUT2D eigenvalue weighted by molar-refractivity contribution is -0.115. The highest BCUT2D eigenvalue weighted by molar-refractivity contribution is 5.92. The number of carboxylic acids is 1. The monoisotopic (exact) mass is 298 g/mol. The Labute approximate surface area is 129 Å². The number of aromatic nitrogens is 1. The van der Waals surface area contributed by atoms with Gasteiger partial charge in [0.1, 0.15) is 5.82 Å². The first-order chi connectivity index (χ1) is 10.5. The van der Waals surface area contributed by atoms with Crippen LogP contribution in [-0.2, 0) is 11.2 Å². The Kier molecular flexibility index (Phi) is 4.88. The van der Waals surface area contributed by atoms with Crippen molar-refractivity contribution in [2.45, 2.75) is 26.2 Å². The Morgan fingerprint density at radius 2 is 2.00 bits per heavy atom. The quantitative estimate of drug-likeness (QED) is 0.889. The van der Waals surface area contributed by atoms with Crippen LogP contribution in [0, 0.1) is 0 Å². The van der Waals surface area contributed by atoms with E-state index < -0.39 is 5.97 Å². The number of pyridine rings is 1. The fourth-order valence-electron chi connectivity index (χ4n) is 2.25. The number of anilines is 1. The summed E-state index contributed by atoms with van der Waals surface area (Å²) in [6.07, 6.45) is 1.71. The van der Waals surface area contributed by atoms with E-state index >= 15 is 0 Å². The smallest absolute Gasteiger partial charge is 0.335 e. The normalized spacial score (nSPS) is 10.5. The minimum atomic E-state index is -0.998. The average Bonchev–Trinajstić information content (AvgIpc) is 2.47. The summed E-state index contributed by atoms with van der Waals surface area (Å²) in [7, 11) is 0. The van der Waals surface area contributed by atoms with Crippen molar-refractivity contribution in [3.63, 3.8) is 0 Å². The van der Waals surface area contributed by atoms with Crippen LogP contribution in [0.5, 0.6) is 0 Å². The maximum absolute atomic E-state index is 12.1. The van der Waals surface area contributed by atoms with Crippen LogP contribution in [0.2, 0.25) is 0 Å². The first kappa shape index (κ1) is 15.7. The molecular weight excluding hydrogens is 280 g/mol. The molecule has 0 unspecified atom stereocenters. The molecule has 0 atom stereocenters. The van der Waals surface area contributed by atoms with Crippen molar-refractivity contribution in [3.05, 3.63) is 59.3 Å². The third kappa shape index (κ3) is 3.91. The largest absolute Gasteiger partial charge is 0.478 e. The predicted molar refractivity (Wildman–Crippen MR) is 84.1 cm³/mol. The number of carbonyl (C=O) groups excluding carboxylic acids is 1. The maximum atomic E-state index is 12.1. The number of carboxylic acid groups (broad SMARTS) is 1. The van der Waals surface area contributed by atoms with E-state index in [-0.39, 0.29) is 23.8 Å². The van der Waals surface area contributed by atoms with Crippen LogP contribution >= 0.6 is 0 Å². The molecule has 0 saturated heterocycles. The molecule has 0 aliphatic carbocycles. The SMILES string of the molecule is CC(C)c1ccc(C(=O)O)cc1CC(=O)Nc1ccccn1. The summed E-state index contributed by atoms with van der Waals surface area (Å²) < 4.78 is 0. The van der Waals surface area contributed by atoms with E-state index in [9.17, 15) is 9.59 Å². The molecule has 0 fully saturated rings. The lowest BCUT2D eigenvalue weighted by atomic mass is 9.93. The van der Waals surface area contributed by atoms with Gasteiger partial charge >= 0.3 is 5.97 Å². The second-order valence-electron chi connectivity index (χ2n) is 5.31. The number of benzene rings is 1. The molecule has 22 heavy (non-hydrogen) atoms. The van der Waals surface area contributed by atoms with Gasteiger partial charge in [-0.25, -0.2) is 9.78 Å². The lowest BCUT2D eigenvalue weighted by Gasteiger charge is -2.13. The summed E-state index contributed by atoms with van der Waals surface area (Å²) in [4.78, 5) is 27.3. The van der Waals surface area contributed by atoms with E-state index in [1.807, 2.05) is 13.8 Å². The van der Waals surface area contributed by atoms with Crippen molar-refractivity contribution in [1.82, 2.24) is 4.98 Å². The molecule has 2 aromatic rings. The summed E-state index contributed by atoms with van der Waals surface area (Å²) in [6, 6.07) is 10.2. The summed E-state index contributed by atoms with van der Waals surface area (Å²) in [5.74, 6) is -0.529. The Balaban J connectivity index is 2.21. The van der Waals surface area contributed by atoms with E-state index in [1.54, 1.807) is 42.6 Å². The molecule has 1 heterocycles.